The van der Waals surface area contributed by atoms with Crippen molar-refractivity contribution in [1.82, 2.24) is 0 Å². The van der Waals surface area contributed by atoms with Crippen LogP contribution in [-0.4, -0.2) is 20.7 Å². The maximum absolute atomic E-state index is 5.84. The van der Waals surface area contributed by atoms with E-state index < -0.39 is 0 Å². The number of nitrogens with zero attached hydrogens (tertiary/aromatic N) is 1. The molecular weight excluding hydrogens is 342 g/mol. The van der Waals surface area contributed by atoms with Crippen molar-refractivity contribution < 1.29 is 4.74 Å². The van der Waals surface area contributed by atoms with Crippen molar-refractivity contribution in [2.75, 3.05) is 25.6 Å². The molecule has 2 nitrogen and oxygen atoms in total. The molecule has 1 rings (SSSR count). The molecule has 0 heterocycles. The molecule has 0 N–H and O–H groups in total. The van der Waals surface area contributed by atoms with Crippen molar-refractivity contribution in [2.45, 2.75) is 110 Å². The molecule has 0 aliphatic carbocycles. The monoisotopic (exact) mass is 389 g/mol. The third-order valence-corrected chi connectivity index (χ3v) is 5.62. The molecule has 2 heteroatoms. The third-order valence-electron chi connectivity index (χ3n) is 5.62. The molecule has 0 aromatic heterocycles. The van der Waals surface area contributed by atoms with Gasteiger partial charge in [-0.05, 0) is 30.7 Å². The number of anilines is 1. The Kier molecular flexibility index (Phi) is 15.9. The second-order valence-corrected chi connectivity index (χ2v) is 8.54. The smallest absolute Gasteiger partial charge is 0.119 e. The van der Waals surface area contributed by atoms with E-state index in [9.17, 15) is 0 Å². The molecular formula is C26H47NO. The molecule has 1 aromatic carbocycles. The molecule has 0 bridgehead atoms. The summed E-state index contributed by atoms with van der Waals surface area (Å²) >= 11 is 0. The highest BCUT2D eigenvalue weighted by atomic mass is 16.5. The highest BCUT2D eigenvalue weighted by Gasteiger charge is 1.98. The van der Waals surface area contributed by atoms with Crippen LogP contribution in [0.4, 0.5) is 5.69 Å². The van der Waals surface area contributed by atoms with Crippen molar-refractivity contribution in [3.8, 4) is 5.75 Å². The van der Waals surface area contributed by atoms with Crippen LogP contribution in [0.15, 0.2) is 24.3 Å². The van der Waals surface area contributed by atoms with Gasteiger partial charge in [-0.3, -0.25) is 0 Å². The molecule has 0 saturated carbocycles. The topological polar surface area (TPSA) is 12.5 Å². The summed E-state index contributed by atoms with van der Waals surface area (Å²) in [6.45, 7) is 3.14. The summed E-state index contributed by atoms with van der Waals surface area (Å²) in [5.41, 5.74) is 1.22. The lowest BCUT2D eigenvalue weighted by molar-refractivity contribution is 0.304. The third kappa shape index (κ3) is 13.9. The summed E-state index contributed by atoms with van der Waals surface area (Å²) < 4.78 is 5.84. The minimum absolute atomic E-state index is 0.847. The van der Waals surface area contributed by atoms with E-state index in [1.807, 2.05) is 0 Å². The van der Waals surface area contributed by atoms with Crippen LogP contribution in [0.25, 0.3) is 0 Å². The fraction of sp³-hybridized carbons (Fsp3) is 0.769. The Labute approximate surface area is 176 Å². The van der Waals surface area contributed by atoms with Gasteiger partial charge in [0.2, 0.25) is 0 Å². The molecule has 1 aromatic rings. The van der Waals surface area contributed by atoms with Gasteiger partial charge in [0, 0.05) is 19.8 Å². The van der Waals surface area contributed by atoms with Crippen LogP contribution < -0.4 is 9.64 Å². The molecule has 0 spiro atoms. The van der Waals surface area contributed by atoms with Crippen LogP contribution >= 0.6 is 0 Å². The second-order valence-electron chi connectivity index (χ2n) is 8.54. The molecule has 0 saturated heterocycles. The highest BCUT2D eigenvalue weighted by Crippen LogP contribution is 2.18. The molecule has 0 amide bonds. The van der Waals surface area contributed by atoms with Crippen molar-refractivity contribution in [2.24, 2.45) is 0 Å². The zero-order chi connectivity index (χ0) is 20.3. The van der Waals surface area contributed by atoms with Gasteiger partial charge < -0.3 is 9.64 Å². The SMILES string of the molecule is CCCCCCCCCCCCCCCCCCOc1ccc(N(C)C)cc1. The average Bonchev–Trinajstić information content (AvgIpc) is 2.70. The normalized spacial score (nSPS) is 11.0. The van der Waals surface area contributed by atoms with Crippen LogP contribution in [0.2, 0.25) is 0 Å². The molecule has 0 radical (unpaired) electrons. The predicted octanol–water partition coefficient (Wildman–Crippen LogP) is 8.39. The first-order chi connectivity index (χ1) is 13.7. The summed E-state index contributed by atoms with van der Waals surface area (Å²) in [6, 6.07) is 8.37. The number of hydrogen-bond donors (Lipinski definition) is 0. The Morgan fingerprint density at radius 1 is 0.571 bits per heavy atom. The molecule has 28 heavy (non-hydrogen) atoms. The summed E-state index contributed by atoms with van der Waals surface area (Å²) in [5, 5.41) is 0. The van der Waals surface area contributed by atoms with E-state index in [0.29, 0.717) is 0 Å². The number of rotatable bonds is 19. The summed E-state index contributed by atoms with van der Waals surface area (Å²) in [5.74, 6) is 0.992. The number of hydrogen-bond acceptors (Lipinski definition) is 2. The average molecular weight is 390 g/mol. The Bertz CT molecular complexity index is 440. The number of unbranched alkanes of at least 4 members (excludes halogenated alkanes) is 15. The predicted molar refractivity (Wildman–Crippen MR) is 126 cm³/mol. The first-order valence-corrected chi connectivity index (χ1v) is 12.1. The fourth-order valence-corrected chi connectivity index (χ4v) is 3.68. The van der Waals surface area contributed by atoms with Crippen LogP contribution in [0.1, 0.15) is 110 Å². The Morgan fingerprint density at radius 3 is 1.36 bits per heavy atom. The quantitative estimate of drug-likeness (QED) is 0.220. The Balaban J connectivity index is 1.78. The van der Waals surface area contributed by atoms with Gasteiger partial charge in [0.25, 0.3) is 0 Å². The standard InChI is InChI=1S/C26H47NO/c1-4-5-6-7-8-9-10-11-12-13-14-15-16-17-18-19-24-28-26-22-20-25(21-23-26)27(2)3/h20-23H,4-19,24H2,1-3H3. The molecule has 0 atom stereocenters. The zero-order valence-electron chi connectivity index (χ0n) is 19.2. The van der Waals surface area contributed by atoms with Gasteiger partial charge in [0.1, 0.15) is 5.75 Å². The number of benzene rings is 1. The molecule has 0 fully saturated rings. The van der Waals surface area contributed by atoms with Crippen LogP contribution in [0.3, 0.4) is 0 Å². The lowest BCUT2D eigenvalue weighted by Gasteiger charge is -2.13. The second kappa shape index (κ2) is 17.9. The largest absolute Gasteiger partial charge is 0.494 e. The van der Waals surface area contributed by atoms with Gasteiger partial charge in [-0.1, -0.05) is 103 Å². The molecule has 0 aliphatic heterocycles. The lowest BCUT2D eigenvalue weighted by Crippen LogP contribution is -2.08. The van der Waals surface area contributed by atoms with Crippen molar-refractivity contribution in [3.05, 3.63) is 24.3 Å². The van der Waals surface area contributed by atoms with Crippen molar-refractivity contribution in [1.29, 1.82) is 0 Å². The fourth-order valence-electron chi connectivity index (χ4n) is 3.68. The van der Waals surface area contributed by atoms with Crippen molar-refractivity contribution >= 4 is 5.69 Å². The zero-order valence-corrected chi connectivity index (χ0v) is 19.2. The Morgan fingerprint density at radius 2 is 0.964 bits per heavy atom. The first-order valence-electron chi connectivity index (χ1n) is 12.1. The molecule has 0 aliphatic rings. The van der Waals surface area contributed by atoms with Gasteiger partial charge in [-0.15, -0.1) is 0 Å². The van der Waals surface area contributed by atoms with E-state index in [0.717, 1.165) is 12.4 Å². The molecule has 162 valence electrons. The maximum atomic E-state index is 5.84. The van der Waals surface area contributed by atoms with E-state index in [1.165, 1.54) is 108 Å². The minimum atomic E-state index is 0.847. The van der Waals surface area contributed by atoms with Gasteiger partial charge in [0.05, 0.1) is 6.61 Å². The van der Waals surface area contributed by atoms with Crippen LogP contribution in [0.5, 0.6) is 5.75 Å². The first kappa shape index (κ1) is 24.9. The van der Waals surface area contributed by atoms with Crippen molar-refractivity contribution in [3.63, 3.8) is 0 Å². The summed E-state index contributed by atoms with van der Waals surface area (Å²) in [6.07, 6.45) is 22.5. The van der Waals surface area contributed by atoms with E-state index in [1.54, 1.807) is 0 Å². The maximum Gasteiger partial charge on any atom is 0.119 e. The van der Waals surface area contributed by atoms with E-state index in [2.05, 4.69) is 50.2 Å². The van der Waals surface area contributed by atoms with E-state index in [-0.39, 0.29) is 0 Å². The van der Waals surface area contributed by atoms with E-state index in [4.69, 9.17) is 4.74 Å². The van der Waals surface area contributed by atoms with Gasteiger partial charge in [0.15, 0.2) is 0 Å². The van der Waals surface area contributed by atoms with Crippen LogP contribution in [-0.2, 0) is 0 Å². The lowest BCUT2D eigenvalue weighted by atomic mass is 10.0. The number of ether oxygens (including phenoxy) is 1. The van der Waals surface area contributed by atoms with Gasteiger partial charge in [-0.25, -0.2) is 0 Å². The highest BCUT2D eigenvalue weighted by molar-refractivity contribution is 5.47. The minimum Gasteiger partial charge on any atom is -0.494 e. The van der Waals surface area contributed by atoms with Crippen LogP contribution in [0, 0.1) is 0 Å². The van der Waals surface area contributed by atoms with Gasteiger partial charge in [-0.2, -0.15) is 0 Å². The van der Waals surface area contributed by atoms with Gasteiger partial charge >= 0.3 is 0 Å². The summed E-state index contributed by atoms with van der Waals surface area (Å²) in [7, 11) is 4.12. The Hall–Kier alpha value is -1.18. The molecule has 0 unspecified atom stereocenters. The van der Waals surface area contributed by atoms with E-state index >= 15 is 0 Å². The summed E-state index contributed by atoms with van der Waals surface area (Å²) in [4.78, 5) is 2.11.